The summed E-state index contributed by atoms with van der Waals surface area (Å²) in [6.07, 6.45) is 1.46. The summed E-state index contributed by atoms with van der Waals surface area (Å²) in [5, 5.41) is 12.0. The van der Waals surface area contributed by atoms with Crippen LogP contribution in [-0.4, -0.2) is 50.6 Å². The number of ether oxygens (including phenoxy) is 2. The molecule has 0 aromatic heterocycles. The highest BCUT2D eigenvalue weighted by Crippen LogP contribution is 2.04. The van der Waals surface area contributed by atoms with E-state index < -0.39 is 12.0 Å². The molecule has 1 atom stereocenters. The van der Waals surface area contributed by atoms with Gasteiger partial charge in [-0.05, 0) is 25.3 Å². The molecule has 5 heteroatoms. The Morgan fingerprint density at radius 3 is 2.53 bits per heavy atom. The quantitative estimate of drug-likeness (QED) is 0.536. The van der Waals surface area contributed by atoms with Gasteiger partial charge in [0.05, 0.1) is 13.2 Å². The third-order valence-electron chi connectivity index (χ3n) is 2.29. The summed E-state index contributed by atoms with van der Waals surface area (Å²) in [7, 11) is 1.63. The van der Waals surface area contributed by atoms with Gasteiger partial charge in [0, 0.05) is 13.7 Å². The largest absolute Gasteiger partial charge is 0.480 e. The molecular formula is C12H25NO4. The van der Waals surface area contributed by atoms with Crippen molar-refractivity contribution in [3.8, 4) is 0 Å². The van der Waals surface area contributed by atoms with Gasteiger partial charge in [0.25, 0.3) is 0 Å². The Morgan fingerprint density at radius 2 is 2.00 bits per heavy atom. The van der Waals surface area contributed by atoms with Crippen molar-refractivity contribution in [3.63, 3.8) is 0 Å². The Bertz CT molecular complexity index is 197. The maximum absolute atomic E-state index is 10.9. The van der Waals surface area contributed by atoms with Gasteiger partial charge in [0.15, 0.2) is 0 Å². The van der Waals surface area contributed by atoms with E-state index in [0.29, 0.717) is 38.7 Å². The van der Waals surface area contributed by atoms with Crippen LogP contribution < -0.4 is 5.32 Å². The molecule has 5 nitrogen and oxygen atoms in total. The molecule has 0 heterocycles. The lowest BCUT2D eigenvalue weighted by Gasteiger charge is -2.16. The average Bonchev–Trinajstić information content (AvgIpc) is 2.25. The fourth-order valence-corrected chi connectivity index (χ4v) is 1.44. The third kappa shape index (κ3) is 10.2. The molecule has 2 N–H and O–H groups in total. The highest BCUT2D eigenvalue weighted by atomic mass is 16.5. The second-order valence-corrected chi connectivity index (χ2v) is 4.43. The molecule has 0 amide bonds. The number of hydrogen-bond acceptors (Lipinski definition) is 4. The average molecular weight is 247 g/mol. The Morgan fingerprint density at radius 1 is 1.29 bits per heavy atom. The fraction of sp³-hybridized carbons (Fsp3) is 0.917. The molecule has 0 aliphatic heterocycles. The molecule has 0 rings (SSSR count). The van der Waals surface area contributed by atoms with Gasteiger partial charge in [-0.3, -0.25) is 4.79 Å². The summed E-state index contributed by atoms with van der Waals surface area (Å²) in [4.78, 5) is 10.9. The SMILES string of the molecule is COCCOCCCNC(CC(C)C)C(=O)O. The predicted molar refractivity (Wildman–Crippen MR) is 66.2 cm³/mol. The molecule has 0 spiro atoms. The molecule has 0 aliphatic carbocycles. The van der Waals surface area contributed by atoms with Gasteiger partial charge in [-0.1, -0.05) is 13.8 Å². The van der Waals surface area contributed by atoms with E-state index in [-0.39, 0.29) is 0 Å². The minimum Gasteiger partial charge on any atom is -0.480 e. The summed E-state index contributed by atoms with van der Waals surface area (Å²) in [6, 6.07) is -0.450. The molecule has 0 bridgehead atoms. The van der Waals surface area contributed by atoms with Crippen LogP contribution in [0.2, 0.25) is 0 Å². The van der Waals surface area contributed by atoms with E-state index in [9.17, 15) is 4.79 Å². The summed E-state index contributed by atoms with van der Waals surface area (Å²) in [6.45, 7) is 6.52. The van der Waals surface area contributed by atoms with Crippen molar-refractivity contribution in [2.75, 3.05) is 33.5 Å². The van der Waals surface area contributed by atoms with Crippen LogP contribution in [0.25, 0.3) is 0 Å². The van der Waals surface area contributed by atoms with Gasteiger partial charge >= 0.3 is 5.97 Å². The molecule has 0 saturated carbocycles. The normalized spacial score (nSPS) is 12.9. The van der Waals surface area contributed by atoms with Crippen molar-refractivity contribution in [2.24, 2.45) is 5.92 Å². The number of hydrogen-bond donors (Lipinski definition) is 2. The molecule has 0 aromatic carbocycles. The first-order valence-corrected chi connectivity index (χ1v) is 6.10. The van der Waals surface area contributed by atoms with E-state index in [1.54, 1.807) is 7.11 Å². The van der Waals surface area contributed by atoms with E-state index in [1.165, 1.54) is 0 Å². The maximum Gasteiger partial charge on any atom is 0.320 e. The van der Waals surface area contributed by atoms with Crippen LogP contribution in [0.3, 0.4) is 0 Å². The number of carboxylic acid groups (broad SMARTS) is 1. The zero-order chi connectivity index (χ0) is 13.1. The maximum atomic E-state index is 10.9. The lowest BCUT2D eigenvalue weighted by molar-refractivity contribution is -0.139. The van der Waals surface area contributed by atoms with E-state index in [0.717, 1.165) is 6.42 Å². The van der Waals surface area contributed by atoms with Crippen molar-refractivity contribution in [2.45, 2.75) is 32.7 Å². The Kier molecular flexibility index (Phi) is 10.1. The third-order valence-corrected chi connectivity index (χ3v) is 2.29. The summed E-state index contributed by atoms with van der Waals surface area (Å²) < 4.78 is 10.1. The monoisotopic (exact) mass is 247 g/mol. The fourth-order valence-electron chi connectivity index (χ4n) is 1.44. The smallest absolute Gasteiger partial charge is 0.320 e. The van der Waals surface area contributed by atoms with Crippen molar-refractivity contribution >= 4 is 5.97 Å². The zero-order valence-electron chi connectivity index (χ0n) is 11.1. The summed E-state index contributed by atoms with van der Waals surface area (Å²) in [5.74, 6) is -0.402. The van der Waals surface area contributed by atoms with E-state index in [1.807, 2.05) is 13.8 Å². The Balaban J connectivity index is 3.51. The van der Waals surface area contributed by atoms with Crippen LogP contribution in [0.4, 0.5) is 0 Å². The minimum absolute atomic E-state index is 0.376. The first-order valence-electron chi connectivity index (χ1n) is 6.10. The van der Waals surface area contributed by atoms with Gasteiger partial charge in [-0.25, -0.2) is 0 Å². The van der Waals surface area contributed by atoms with Crippen LogP contribution in [0, 0.1) is 5.92 Å². The van der Waals surface area contributed by atoms with Gasteiger partial charge in [0.1, 0.15) is 6.04 Å². The Hall–Kier alpha value is -0.650. The molecular weight excluding hydrogens is 222 g/mol. The number of nitrogens with one attached hydrogen (secondary N) is 1. The minimum atomic E-state index is -0.779. The lowest BCUT2D eigenvalue weighted by Crippen LogP contribution is -2.38. The molecule has 0 saturated heterocycles. The first-order chi connectivity index (χ1) is 8.07. The molecule has 102 valence electrons. The van der Waals surface area contributed by atoms with E-state index in [2.05, 4.69) is 5.32 Å². The van der Waals surface area contributed by atoms with Gasteiger partial charge < -0.3 is 19.9 Å². The summed E-state index contributed by atoms with van der Waals surface area (Å²) >= 11 is 0. The van der Waals surface area contributed by atoms with Crippen molar-refractivity contribution in [1.82, 2.24) is 5.32 Å². The molecule has 0 aliphatic rings. The van der Waals surface area contributed by atoms with Crippen LogP contribution >= 0.6 is 0 Å². The molecule has 0 aromatic rings. The van der Waals surface area contributed by atoms with Crippen molar-refractivity contribution < 1.29 is 19.4 Å². The van der Waals surface area contributed by atoms with Crippen molar-refractivity contribution in [1.29, 1.82) is 0 Å². The van der Waals surface area contributed by atoms with Crippen LogP contribution in [0.1, 0.15) is 26.7 Å². The number of carboxylic acids is 1. The molecule has 17 heavy (non-hydrogen) atoms. The number of rotatable bonds is 11. The lowest BCUT2D eigenvalue weighted by atomic mass is 10.0. The second kappa shape index (κ2) is 10.5. The standard InChI is InChI=1S/C12H25NO4/c1-10(2)9-11(12(14)15)13-5-4-6-17-8-7-16-3/h10-11,13H,4-9H2,1-3H3,(H,14,15). The Labute approximate surface area is 103 Å². The van der Waals surface area contributed by atoms with E-state index in [4.69, 9.17) is 14.6 Å². The van der Waals surface area contributed by atoms with Gasteiger partial charge in [-0.2, -0.15) is 0 Å². The van der Waals surface area contributed by atoms with Gasteiger partial charge in [0.2, 0.25) is 0 Å². The van der Waals surface area contributed by atoms with Crippen LogP contribution in [0.5, 0.6) is 0 Å². The highest BCUT2D eigenvalue weighted by molar-refractivity contribution is 5.73. The highest BCUT2D eigenvalue weighted by Gasteiger charge is 2.17. The number of aliphatic carboxylic acids is 1. The molecule has 1 unspecified atom stereocenters. The second-order valence-electron chi connectivity index (χ2n) is 4.43. The topological polar surface area (TPSA) is 67.8 Å². The summed E-state index contributed by atoms with van der Waals surface area (Å²) in [5.41, 5.74) is 0. The van der Waals surface area contributed by atoms with E-state index >= 15 is 0 Å². The predicted octanol–water partition coefficient (Wildman–Crippen LogP) is 1.13. The van der Waals surface area contributed by atoms with Crippen molar-refractivity contribution in [3.05, 3.63) is 0 Å². The first kappa shape index (κ1) is 16.4. The van der Waals surface area contributed by atoms with Crippen LogP contribution in [0.15, 0.2) is 0 Å². The number of carbonyl (C=O) groups is 1. The van der Waals surface area contributed by atoms with Crippen LogP contribution in [-0.2, 0) is 14.3 Å². The zero-order valence-corrected chi connectivity index (χ0v) is 11.1. The molecule has 0 radical (unpaired) electrons. The van der Waals surface area contributed by atoms with Gasteiger partial charge in [-0.15, -0.1) is 0 Å². The molecule has 0 fully saturated rings. The number of methoxy groups -OCH3 is 1.